The molecular formula is C44H42F6N6O6. The minimum Gasteiger partial charge on any atom is -0.481 e. The lowest BCUT2D eigenvalue weighted by atomic mass is 9.91. The number of rotatable bonds is 11. The summed E-state index contributed by atoms with van der Waals surface area (Å²) in [7, 11) is 1.28. The highest BCUT2D eigenvalue weighted by Crippen LogP contribution is 2.49. The zero-order valence-electron chi connectivity index (χ0n) is 33.7. The van der Waals surface area contributed by atoms with E-state index in [1.54, 1.807) is 30.3 Å². The van der Waals surface area contributed by atoms with Crippen LogP contribution in [-0.2, 0) is 41.3 Å². The highest BCUT2D eigenvalue weighted by atomic mass is 19.4. The lowest BCUT2D eigenvalue weighted by molar-refractivity contribution is -0.144. The van der Waals surface area contributed by atoms with E-state index in [-0.39, 0.29) is 71.6 Å². The SMILES string of the molecule is COc1nc(O[C@H]2CCc3c(-c4cccc(-c5nc6cc7c(c(C(F)(F)F)c6o5)CC[C@H]7N5CC[C@@H](C(=O)O)C5)c4C)cccc32)c(C(F)(F)F)nc1CNC[C@H]1CCC(=O)N1. The standard InChI is InChI=1S/C44H42F6N6O6/c1-21-24(5-3-6-25(21)39-54-31-17-30-29(36(37(31)62-39)43(45,46)47)10-12-33(30)56-16-15-22(20-56)42(58)59)26-7-4-8-28-27(26)11-13-34(28)61-41-38(44(48,49)50)53-32(40(55-41)60-2)19-51-18-23-9-14-35(57)52-23/h3-8,17,22-23,33-34,51H,9-16,18-20H2,1-2H3,(H,52,57)(H,58,59)/t22-,23-,33-,34+/m1/s1. The summed E-state index contributed by atoms with van der Waals surface area (Å²) >= 11 is 0. The van der Waals surface area contributed by atoms with Crippen molar-refractivity contribution in [1.29, 1.82) is 0 Å². The summed E-state index contributed by atoms with van der Waals surface area (Å²) in [6.07, 6.45) is -7.68. The summed E-state index contributed by atoms with van der Waals surface area (Å²) in [5.74, 6) is -2.43. The second-order valence-corrected chi connectivity index (χ2v) is 16.3. The Balaban J connectivity index is 1.01. The molecule has 0 saturated carbocycles. The highest BCUT2D eigenvalue weighted by molar-refractivity contribution is 5.85. The number of nitrogens with one attached hydrogen (secondary N) is 2. The predicted molar refractivity (Wildman–Crippen MR) is 211 cm³/mol. The Bertz CT molecular complexity index is 2590. The number of likely N-dealkylation sites (tertiary alicyclic amines) is 1. The van der Waals surface area contributed by atoms with E-state index in [1.807, 2.05) is 24.0 Å². The van der Waals surface area contributed by atoms with Crippen molar-refractivity contribution in [3.63, 3.8) is 0 Å². The van der Waals surface area contributed by atoms with Crippen molar-refractivity contribution in [2.45, 2.75) is 89.0 Å². The normalized spacial score (nSPS) is 21.4. The largest absolute Gasteiger partial charge is 0.481 e. The van der Waals surface area contributed by atoms with E-state index in [9.17, 15) is 41.0 Å². The number of fused-ring (bicyclic) bond motifs is 3. The Morgan fingerprint density at radius 3 is 2.39 bits per heavy atom. The van der Waals surface area contributed by atoms with Crippen LogP contribution in [0.15, 0.2) is 46.9 Å². The molecule has 0 bridgehead atoms. The molecule has 4 atom stereocenters. The molecule has 12 nitrogen and oxygen atoms in total. The zero-order chi connectivity index (χ0) is 43.7. The Kier molecular flexibility index (Phi) is 10.6. The number of aromatic nitrogens is 3. The number of carbonyl (C=O) groups excluding carboxylic acids is 1. The number of hydrogen-bond donors (Lipinski definition) is 3. The first kappa shape index (κ1) is 41.6. The Hall–Kier alpha value is -5.75. The van der Waals surface area contributed by atoms with Crippen LogP contribution in [0.2, 0.25) is 0 Å². The maximum absolute atomic E-state index is 14.9. The van der Waals surface area contributed by atoms with Crippen molar-refractivity contribution in [2.24, 2.45) is 5.92 Å². The number of ether oxygens (including phenoxy) is 2. The van der Waals surface area contributed by atoms with Crippen molar-refractivity contribution in [1.82, 2.24) is 30.5 Å². The molecule has 2 aliphatic heterocycles. The molecule has 2 fully saturated rings. The van der Waals surface area contributed by atoms with Gasteiger partial charge >= 0.3 is 18.3 Å². The third-order valence-electron chi connectivity index (χ3n) is 12.6. The summed E-state index contributed by atoms with van der Waals surface area (Å²) in [5.41, 5.74) is 2.22. The van der Waals surface area contributed by atoms with Gasteiger partial charge in [0.1, 0.15) is 22.9 Å². The monoisotopic (exact) mass is 864 g/mol. The number of hydrogen-bond acceptors (Lipinski definition) is 10. The van der Waals surface area contributed by atoms with E-state index in [0.717, 1.165) is 16.7 Å². The van der Waals surface area contributed by atoms with E-state index < -0.39 is 47.5 Å². The number of carbonyl (C=O) groups is 2. The van der Waals surface area contributed by atoms with E-state index in [4.69, 9.17) is 13.9 Å². The van der Waals surface area contributed by atoms with Gasteiger partial charge < -0.3 is 29.6 Å². The Morgan fingerprint density at radius 1 is 0.919 bits per heavy atom. The molecule has 0 spiro atoms. The summed E-state index contributed by atoms with van der Waals surface area (Å²) in [6, 6.07) is 11.9. The number of halogens is 6. The number of nitrogens with zero attached hydrogens (tertiary/aromatic N) is 4. The number of alkyl halides is 6. The van der Waals surface area contributed by atoms with Crippen LogP contribution in [-0.4, -0.2) is 69.6 Å². The molecule has 2 aliphatic carbocycles. The van der Waals surface area contributed by atoms with Crippen LogP contribution in [0.1, 0.15) is 89.0 Å². The van der Waals surface area contributed by atoms with E-state index in [0.29, 0.717) is 73.9 Å². The fourth-order valence-corrected chi connectivity index (χ4v) is 9.66. The third kappa shape index (κ3) is 7.60. The third-order valence-corrected chi connectivity index (χ3v) is 12.6. The molecule has 0 unspecified atom stereocenters. The number of aliphatic carboxylic acids is 1. The fraction of sp³-hybridized carbons (Fsp3) is 0.432. The lowest BCUT2D eigenvalue weighted by Crippen LogP contribution is -2.35. The second kappa shape index (κ2) is 15.9. The van der Waals surface area contributed by atoms with Crippen molar-refractivity contribution in [3.8, 4) is 34.3 Å². The molecule has 2 saturated heterocycles. The van der Waals surface area contributed by atoms with Crippen molar-refractivity contribution in [3.05, 3.63) is 87.2 Å². The molecule has 9 rings (SSSR count). The second-order valence-electron chi connectivity index (χ2n) is 16.3. The van der Waals surface area contributed by atoms with Crippen molar-refractivity contribution < 1.29 is 54.9 Å². The number of carboxylic acids is 1. The fourth-order valence-electron chi connectivity index (χ4n) is 9.66. The smallest absolute Gasteiger partial charge is 0.438 e. The van der Waals surface area contributed by atoms with Crippen LogP contribution in [0.25, 0.3) is 33.7 Å². The zero-order valence-corrected chi connectivity index (χ0v) is 33.7. The van der Waals surface area contributed by atoms with Crippen molar-refractivity contribution >= 4 is 23.0 Å². The summed E-state index contributed by atoms with van der Waals surface area (Å²) in [6.45, 7) is 2.78. The molecule has 2 aromatic heterocycles. The summed E-state index contributed by atoms with van der Waals surface area (Å²) in [5, 5.41) is 15.4. The molecule has 4 aliphatic rings. The highest BCUT2D eigenvalue weighted by Gasteiger charge is 2.45. The molecule has 62 heavy (non-hydrogen) atoms. The van der Waals surface area contributed by atoms with Gasteiger partial charge in [-0.25, -0.2) is 9.97 Å². The summed E-state index contributed by atoms with van der Waals surface area (Å²) < 4.78 is 106. The quantitative estimate of drug-likeness (QED) is 0.110. The topological polar surface area (TPSA) is 152 Å². The van der Waals surface area contributed by atoms with Crippen molar-refractivity contribution in [2.75, 3.05) is 26.7 Å². The van der Waals surface area contributed by atoms with Gasteiger partial charge in [-0.3, -0.25) is 14.5 Å². The van der Waals surface area contributed by atoms with Crippen LogP contribution in [0, 0.1) is 12.8 Å². The number of methoxy groups -OCH3 is 1. The first-order chi connectivity index (χ1) is 29.6. The van der Waals surface area contributed by atoms with Gasteiger partial charge in [0.25, 0.3) is 0 Å². The minimum absolute atomic E-state index is 0.00197. The van der Waals surface area contributed by atoms with E-state index >= 15 is 0 Å². The molecule has 5 aromatic rings. The van der Waals surface area contributed by atoms with Crippen LogP contribution in [0.5, 0.6) is 11.8 Å². The van der Waals surface area contributed by atoms with Gasteiger partial charge in [0.15, 0.2) is 5.58 Å². The molecule has 3 aromatic carbocycles. The maximum Gasteiger partial charge on any atom is 0.438 e. The number of oxazole rings is 1. The molecule has 0 radical (unpaired) electrons. The van der Waals surface area contributed by atoms with E-state index in [2.05, 4.69) is 25.6 Å². The van der Waals surface area contributed by atoms with Crippen LogP contribution in [0.3, 0.4) is 0 Å². The first-order valence-electron chi connectivity index (χ1n) is 20.5. The average molecular weight is 865 g/mol. The molecule has 4 heterocycles. The maximum atomic E-state index is 14.9. The molecule has 326 valence electrons. The van der Waals surface area contributed by atoms with Gasteiger partial charge in [-0.05, 0) is 103 Å². The number of carboxylic acid groups (broad SMARTS) is 1. The van der Waals surface area contributed by atoms with Gasteiger partial charge in [0.2, 0.25) is 29.3 Å². The lowest BCUT2D eigenvalue weighted by Gasteiger charge is -2.25. The molecule has 1 amide bonds. The predicted octanol–water partition coefficient (Wildman–Crippen LogP) is 8.13. The van der Waals surface area contributed by atoms with Gasteiger partial charge in [-0.1, -0.05) is 30.3 Å². The first-order valence-corrected chi connectivity index (χ1v) is 20.5. The minimum atomic E-state index is -4.91. The molecular weight excluding hydrogens is 823 g/mol. The molecule has 3 N–H and O–H groups in total. The Morgan fingerprint density at radius 2 is 1.68 bits per heavy atom. The number of benzene rings is 3. The number of amides is 1. The van der Waals surface area contributed by atoms with E-state index in [1.165, 1.54) is 7.11 Å². The van der Waals surface area contributed by atoms with Crippen LogP contribution in [0.4, 0.5) is 26.3 Å². The van der Waals surface area contributed by atoms with Gasteiger partial charge in [0.05, 0.1) is 13.0 Å². The van der Waals surface area contributed by atoms with Crippen LogP contribution >= 0.6 is 0 Å². The van der Waals surface area contributed by atoms with Crippen LogP contribution < -0.4 is 20.1 Å². The van der Waals surface area contributed by atoms with Gasteiger partial charge in [-0.15, -0.1) is 0 Å². The average Bonchev–Trinajstić information content (AvgIpc) is 4.07. The summed E-state index contributed by atoms with van der Waals surface area (Å²) in [4.78, 5) is 37.8. The van der Waals surface area contributed by atoms with Gasteiger partial charge in [-0.2, -0.15) is 31.3 Å². The van der Waals surface area contributed by atoms with Gasteiger partial charge in [0, 0.05) is 43.7 Å². The molecule has 18 heteroatoms. The Labute approximate surface area is 351 Å².